The number of rotatable bonds is 5. The zero-order valence-electron chi connectivity index (χ0n) is 18.0. The number of amides is 1. The van der Waals surface area contributed by atoms with Gasteiger partial charge in [-0.2, -0.15) is 0 Å². The van der Waals surface area contributed by atoms with E-state index in [-0.39, 0.29) is 29.6 Å². The van der Waals surface area contributed by atoms with Gasteiger partial charge in [-0.05, 0) is 55.0 Å². The van der Waals surface area contributed by atoms with Crippen molar-refractivity contribution in [2.24, 2.45) is 0 Å². The van der Waals surface area contributed by atoms with Crippen molar-refractivity contribution < 1.29 is 14.3 Å². The first-order valence-electron chi connectivity index (χ1n) is 10.4. The molecule has 0 unspecified atom stereocenters. The largest absolute Gasteiger partial charge is 0.482 e. The Kier molecular flexibility index (Phi) is 5.85. The van der Waals surface area contributed by atoms with Gasteiger partial charge in [-0.15, -0.1) is 0 Å². The summed E-state index contributed by atoms with van der Waals surface area (Å²) in [4.78, 5) is 42.7. The van der Waals surface area contributed by atoms with Crippen LogP contribution in [0.3, 0.4) is 0 Å². The minimum atomic E-state index is -0.271. The lowest BCUT2D eigenvalue weighted by Gasteiger charge is -2.18. The number of anilines is 1. The molecule has 4 aromatic rings. The minimum Gasteiger partial charge on any atom is -0.482 e. The molecule has 1 aliphatic rings. The van der Waals surface area contributed by atoms with E-state index >= 15 is 0 Å². The number of fused-ring (bicyclic) bond motifs is 2. The highest BCUT2D eigenvalue weighted by atomic mass is 35.5. The van der Waals surface area contributed by atoms with Gasteiger partial charge >= 0.3 is 0 Å². The van der Waals surface area contributed by atoms with E-state index < -0.39 is 0 Å². The van der Waals surface area contributed by atoms with E-state index in [9.17, 15) is 14.4 Å². The molecular weight excluding hydrogens is 474 g/mol. The summed E-state index contributed by atoms with van der Waals surface area (Å²) in [6, 6.07) is 17.3. The molecule has 0 aliphatic carbocycles. The van der Waals surface area contributed by atoms with E-state index in [1.807, 2.05) is 13.0 Å². The highest BCUT2D eigenvalue weighted by Crippen LogP contribution is 2.30. The van der Waals surface area contributed by atoms with Gasteiger partial charge < -0.3 is 10.1 Å². The Morgan fingerprint density at radius 3 is 2.82 bits per heavy atom. The Balaban J connectivity index is 1.52. The van der Waals surface area contributed by atoms with Gasteiger partial charge in [-0.1, -0.05) is 41.6 Å². The second kappa shape index (κ2) is 8.96. The van der Waals surface area contributed by atoms with Crippen LogP contribution in [-0.2, 0) is 4.79 Å². The standard InChI is InChI=1S/C25H18ClN3O4S/c1-14-17(26)6-4-8-20(14)29-24(32)16-5-2-3-7-18(16)28-25(29)34-13-21(30)15-9-10-22-19(11-15)27-23(31)12-33-22/h2-11H,12-13H2,1H3,(H,27,31). The number of Topliss-reactive ketones (excluding diaryl/α,β-unsaturated/α-hetero) is 1. The SMILES string of the molecule is Cc1c(Cl)cccc1-n1c(SCC(=O)c2ccc3c(c2)NC(=O)CO3)nc2ccccc2c1=O. The summed E-state index contributed by atoms with van der Waals surface area (Å²) < 4.78 is 6.85. The van der Waals surface area contributed by atoms with Crippen molar-refractivity contribution >= 4 is 51.6 Å². The van der Waals surface area contributed by atoms with E-state index in [0.717, 1.165) is 5.56 Å². The smallest absolute Gasteiger partial charge is 0.266 e. The van der Waals surface area contributed by atoms with Crippen LogP contribution in [0.1, 0.15) is 15.9 Å². The van der Waals surface area contributed by atoms with Gasteiger partial charge in [0.15, 0.2) is 17.5 Å². The first kappa shape index (κ1) is 22.2. The maximum absolute atomic E-state index is 13.4. The lowest BCUT2D eigenvalue weighted by Crippen LogP contribution is -2.25. The van der Waals surface area contributed by atoms with Crippen molar-refractivity contribution in [2.75, 3.05) is 17.7 Å². The molecule has 0 radical (unpaired) electrons. The van der Waals surface area contributed by atoms with Gasteiger partial charge in [-0.3, -0.25) is 19.0 Å². The summed E-state index contributed by atoms with van der Waals surface area (Å²) in [5.41, 5.74) is 2.54. The number of nitrogens with one attached hydrogen (secondary N) is 1. The van der Waals surface area contributed by atoms with E-state index in [1.165, 1.54) is 16.3 Å². The van der Waals surface area contributed by atoms with Gasteiger partial charge in [0.1, 0.15) is 5.75 Å². The third-order valence-electron chi connectivity index (χ3n) is 5.49. The number of para-hydroxylation sites is 1. The van der Waals surface area contributed by atoms with E-state index in [1.54, 1.807) is 54.6 Å². The number of hydrogen-bond acceptors (Lipinski definition) is 6. The van der Waals surface area contributed by atoms with Crippen LogP contribution in [0.5, 0.6) is 5.75 Å². The van der Waals surface area contributed by atoms with Crippen LogP contribution in [0.2, 0.25) is 5.02 Å². The van der Waals surface area contributed by atoms with Crippen molar-refractivity contribution in [1.82, 2.24) is 9.55 Å². The molecule has 2 heterocycles. The molecule has 0 atom stereocenters. The highest BCUT2D eigenvalue weighted by molar-refractivity contribution is 7.99. The van der Waals surface area contributed by atoms with Gasteiger partial charge in [-0.25, -0.2) is 4.98 Å². The Labute approximate surface area is 203 Å². The summed E-state index contributed by atoms with van der Waals surface area (Å²) in [7, 11) is 0. The number of halogens is 1. The van der Waals surface area contributed by atoms with Crippen molar-refractivity contribution in [2.45, 2.75) is 12.1 Å². The zero-order chi connectivity index (χ0) is 23.8. The quantitative estimate of drug-likeness (QED) is 0.248. The first-order valence-corrected chi connectivity index (χ1v) is 11.8. The van der Waals surface area contributed by atoms with Gasteiger partial charge in [0.05, 0.1) is 28.0 Å². The molecule has 0 spiro atoms. The van der Waals surface area contributed by atoms with Gasteiger partial charge in [0, 0.05) is 10.6 Å². The second-order valence-electron chi connectivity index (χ2n) is 7.70. The molecule has 1 N–H and O–H groups in total. The van der Waals surface area contributed by atoms with Gasteiger partial charge in [0.25, 0.3) is 11.5 Å². The number of ketones is 1. The number of hydrogen-bond donors (Lipinski definition) is 1. The fourth-order valence-electron chi connectivity index (χ4n) is 3.73. The molecule has 170 valence electrons. The van der Waals surface area contributed by atoms with Crippen LogP contribution in [0.15, 0.2) is 70.6 Å². The molecule has 5 rings (SSSR count). The summed E-state index contributed by atoms with van der Waals surface area (Å²) in [5, 5.41) is 4.10. The molecular formula is C25H18ClN3O4S. The fourth-order valence-corrected chi connectivity index (χ4v) is 4.80. The summed E-state index contributed by atoms with van der Waals surface area (Å²) >= 11 is 7.49. The number of aromatic nitrogens is 2. The van der Waals surface area contributed by atoms with Crippen molar-refractivity contribution in [1.29, 1.82) is 0 Å². The molecule has 0 fully saturated rings. The average Bonchev–Trinajstić information content (AvgIpc) is 2.84. The third kappa shape index (κ3) is 4.06. The zero-order valence-corrected chi connectivity index (χ0v) is 19.6. The summed E-state index contributed by atoms with van der Waals surface area (Å²) in [6.07, 6.45) is 0. The summed E-state index contributed by atoms with van der Waals surface area (Å²) in [6.45, 7) is 1.78. The topological polar surface area (TPSA) is 90.3 Å². The molecule has 9 heteroatoms. The number of ether oxygens (including phenoxy) is 1. The molecule has 7 nitrogen and oxygen atoms in total. The molecule has 0 saturated heterocycles. The number of carbonyl (C=O) groups excluding carboxylic acids is 2. The fraction of sp³-hybridized carbons (Fsp3) is 0.120. The Morgan fingerprint density at radius 2 is 1.97 bits per heavy atom. The Morgan fingerprint density at radius 1 is 1.15 bits per heavy atom. The Hall–Kier alpha value is -3.62. The molecule has 1 amide bonds. The molecule has 1 aliphatic heterocycles. The Bertz CT molecular complexity index is 1530. The van der Waals surface area contributed by atoms with E-state index in [2.05, 4.69) is 10.3 Å². The van der Waals surface area contributed by atoms with Crippen molar-refractivity contribution in [3.8, 4) is 11.4 Å². The van der Waals surface area contributed by atoms with Crippen molar-refractivity contribution in [3.05, 3.63) is 87.2 Å². The lowest BCUT2D eigenvalue weighted by atomic mass is 10.1. The molecule has 1 aromatic heterocycles. The predicted octanol–water partition coefficient (Wildman–Crippen LogP) is 4.65. The van der Waals surface area contributed by atoms with Crippen LogP contribution >= 0.6 is 23.4 Å². The van der Waals surface area contributed by atoms with E-state index in [0.29, 0.717) is 43.8 Å². The van der Waals surface area contributed by atoms with Crippen LogP contribution < -0.4 is 15.6 Å². The number of benzene rings is 3. The van der Waals surface area contributed by atoms with Crippen molar-refractivity contribution in [3.63, 3.8) is 0 Å². The third-order valence-corrected chi connectivity index (χ3v) is 6.84. The molecule has 34 heavy (non-hydrogen) atoms. The maximum atomic E-state index is 13.4. The maximum Gasteiger partial charge on any atom is 0.266 e. The second-order valence-corrected chi connectivity index (χ2v) is 9.05. The predicted molar refractivity (Wildman–Crippen MR) is 133 cm³/mol. The summed E-state index contributed by atoms with van der Waals surface area (Å²) in [5.74, 6) is 0.111. The highest BCUT2D eigenvalue weighted by Gasteiger charge is 2.20. The van der Waals surface area contributed by atoms with Crippen LogP contribution in [0.4, 0.5) is 5.69 Å². The van der Waals surface area contributed by atoms with Gasteiger partial charge in [0.2, 0.25) is 0 Å². The molecule has 3 aromatic carbocycles. The van der Waals surface area contributed by atoms with E-state index in [4.69, 9.17) is 16.3 Å². The average molecular weight is 492 g/mol. The first-order chi connectivity index (χ1) is 16.4. The molecule has 0 saturated carbocycles. The number of thioether (sulfide) groups is 1. The lowest BCUT2D eigenvalue weighted by molar-refractivity contribution is -0.118. The minimum absolute atomic E-state index is 0.0397. The molecule has 0 bridgehead atoms. The van der Waals surface area contributed by atoms with Crippen LogP contribution in [0, 0.1) is 6.92 Å². The normalized spacial score (nSPS) is 12.7. The van der Waals surface area contributed by atoms with Crippen LogP contribution in [-0.4, -0.2) is 33.6 Å². The monoisotopic (exact) mass is 491 g/mol. The van der Waals surface area contributed by atoms with Crippen LogP contribution in [0.25, 0.3) is 16.6 Å². The number of nitrogens with zero attached hydrogens (tertiary/aromatic N) is 2. The number of carbonyl (C=O) groups is 2.